The molecule has 0 aliphatic heterocycles. The Morgan fingerprint density at radius 1 is 1.33 bits per heavy atom. The zero-order valence-corrected chi connectivity index (χ0v) is 9.41. The zero-order chi connectivity index (χ0) is 11.5. The lowest BCUT2D eigenvalue weighted by Gasteiger charge is -2.03. The van der Waals surface area contributed by atoms with Gasteiger partial charge in [0.1, 0.15) is 11.2 Å². The van der Waals surface area contributed by atoms with Crippen LogP contribution in [0.2, 0.25) is 0 Å². The molecular formula is C10H13NO3S. The third-order valence-electron chi connectivity index (χ3n) is 1.67. The lowest BCUT2D eigenvalue weighted by Crippen LogP contribution is -2.04. The van der Waals surface area contributed by atoms with Crippen molar-refractivity contribution in [3.05, 3.63) is 41.8 Å². The third kappa shape index (κ3) is 3.28. The van der Waals surface area contributed by atoms with E-state index in [0.29, 0.717) is 5.70 Å². The molecule has 0 amide bonds. The van der Waals surface area contributed by atoms with E-state index >= 15 is 0 Å². The first-order valence-corrected chi connectivity index (χ1v) is 5.75. The summed E-state index contributed by atoms with van der Waals surface area (Å²) in [7, 11) is -3.73. The van der Waals surface area contributed by atoms with E-state index in [-0.39, 0.29) is 4.90 Å². The number of hydrogen-bond acceptors (Lipinski definition) is 4. The van der Waals surface area contributed by atoms with Crippen LogP contribution in [0.4, 0.5) is 0 Å². The van der Waals surface area contributed by atoms with Crippen molar-refractivity contribution in [1.82, 2.24) is 0 Å². The van der Waals surface area contributed by atoms with E-state index in [1.165, 1.54) is 12.1 Å². The molecule has 1 rings (SSSR count). The number of allylic oxidation sites excluding steroid dienone is 1. The van der Waals surface area contributed by atoms with Crippen molar-refractivity contribution >= 4 is 10.1 Å². The fraction of sp³-hybridized carbons (Fsp3) is 0.200. The van der Waals surface area contributed by atoms with Crippen LogP contribution in [0.15, 0.2) is 41.1 Å². The largest absolute Gasteiger partial charge is 0.400 e. The Labute approximate surface area is 89.5 Å². The van der Waals surface area contributed by atoms with Gasteiger partial charge in [-0.15, -0.1) is 0 Å². The van der Waals surface area contributed by atoms with Gasteiger partial charge in [-0.05, 0) is 26.0 Å². The average molecular weight is 227 g/mol. The third-order valence-corrected chi connectivity index (χ3v) is 2.87. The Hall–Kier alpha value is -1.49. The van der Waals surface area contributed by atoms with Gasteiger partial charge >= 0.3 is 10.1 Å². The molecule has 1 aromatic carbocycles. The summed E-state index contributed by atoms with van der Waals surface area (Å²) in [6, 6.07) is 6.39. The summed E-state index contributed by atoms with van der Waals surface area (Å²) in [5.41, 5.74) is 6.56. The molecule has 0 saturated carbocycles. The van der Waals surface area contributed by atoms with E-state index in [1.54, 1.807) is 19.1 Å². The maximum Gasteiger partial charge on any atom is 0.338 e. The van der Waals surface area contributed by atoms with Crippen molar-refractivity contribution in [3.8, 4) is 0 Å². The van der Waals surface area contributed by atoms with Crippen molar-refractivity contribution in [1.29, 1.82) is 0 Å². The minimum atomic E-state index is -3.73. The number of benzene rings is 1. The second-order valence-corrected chi connectivity index (χ2v) is 4.80. The predicted octanol–water partition coefficient (Wildman–Crippen LogP) is 1.52. The molecule has 82 valence electrons. The zero-order valence-electron chi connectivity index (χ0n) is 8.60. The summed E-state index contributed by atoms with van der Waals surface area (Å²) >= 11 is 0. The molecule has 5 heteroatoms. The van der Waals surface area contributed by atoms with Crippen LogP contribution in [-0.2, 0) is 14.3 Å². The average Bonchev–Trinajstić information content (AvgIpc) is 2.16. The number of nitrogens with two attached hydrogens (primary N) is 1. The molecule has 4 nitrogen and oxygen atoms in total. The minimum absolute atomic E-state index is 0.116. The van der Waals surface area contributed by atoms with Crippen LogP contribution in [-0.4, -0.2) is 8.42 Å². The second-order valence-electron chi connectivity index (χ2n) is 3.23. The molecule has 1 aromatic rings. The molecule has 0 saturated heterocycles. The Morgan fingerprint density at radius 3 is 2.33 bits per heavy atom. The van der Waals surface area contributed by atoms with Crippen molar-refractivity contribution in [2.75, 3.05) is 0 Å². The number of hydrogen-bond donors (Lipinski definition) is 1. The molecule has 0 atom stereocenters. The van der Waals surface area contributed by atoms with Gasteiger partial charge in [-0.2, -0.15) is 8.42 Å². The van der Waals surface area contributed by atoms with Gasteiger partial charge in [0.2, 0.25) is 0 Å². The van der Waals surface area contributed by atoms with E-state index in [0.717, 1.165) is 11.8 Å². The maximum absolute atomic E-state index is 11.5. The maximum atomic E-state index is 11.5. The second kappa shape index (κ2) is 4.35. The normalized spacial score (nSPS) is 12.5. The summed E-state index contributed by atoms with van der Waals surface area (Å²) in [4.78, 5) is 0.116. The highest BCUT2D eigenvalue weighted by Gasteiger charge is 2.13. The van der Waals surface area contributed by atoms with E-state index in [9.17, 15) is 8.42 Å². The summed E-state index contributed by atoms with van der Waals surface area (Å²) in [5.74, 6) is 0. The van der Waals surface area contributed by atoms with E-state index < -0.39 is 10.1 Å². The highest BCUT2D eigenvalue weighted by atomic mass is 32.2. The lowest BCUT2D eigenvalue weighted by molar-refractivity contribution is 0.439. The van der Waals surface area contributed by atoms with E-state index in [2.05, 4.69) is 4.18 Å². The topological polar surface area (TPSA) is 69.4 Å². The van der Waals surface area contributed by atoms with Crippen molar-refractivity contribution in [3.63, 3.8) is 0 Å². The number of aryl methyl sites for hydroxylation is 1. The van der Waals surface area contributed by atoms with Gasteiger partial charge in [-0.3, -0.25) is 0 Å². The smallest absolute Gasteiger partial charge is 0.338 e. The molecule has 0 aliphatic rings. The Kier molecular flexibility index (Phi) is 3.36. The van der Waals surface area contributed by atoms with Crippen molar-refractivity contribution in [2.45, 2.75) is 18.7 Å². The fourth-order valence-electron chi connectivity index (χ4n) is 0.900. The molecule has 0 aromatic heterocycles. The Morgan fingerprint density at radius 2 is 1.87 bits per heavy atom. The molecule has 0 aliphatic carbocycles. The molecule has 15 heavy (non-hydrogen) atoms. The molecule has 0 fully saturated rings. The van der Waals surface area contributed by atoms with E-state index in [1.807, 2.05) is 6.92 Å². The molecule has 0 heterocycles. The molecule has 0 bridgehead atoms. The van der Waals surface area contributed by atoms with Crippen LogP contribution in [0, 0.1) is 6.92 Å². The monoisotopic (exact) mass is 227 g/mol. The SMILES string of the molecule is C/C(N)=C\OS(=O)(=O)c1ccc(C)cc1. The first-order valence-electron chi connectivity index (χ1n) is 4.34. The summed E-state index contributed by atoms with van der Waals surface area (Å²) in [6.45, 7) is 3.42. The highest BCUT2D eigenvalue weighted by molar-refractivity contribution is 7.86. The summed E-state index contributed by atoms with van der Waals surface area (Å²) < 4.78 is 27.7. The standard InChI is InChI=1S/C10H13NO3S/c1-8-3-5-10(6-4-8)15(12,13)14-7-9(2)11/h3-7H,11H2,1-2H3/b9-7+. The van der Waals surface area contributed by atoms with Gasteiger partial charge in [0.25, 0.3) is 0 Å². The fourth-order valence-corrected chi connectivity index (χ4v) is 1.76. The van der Waals surface area contributed by atoms with E-state index in [4.69, 9.17) is 5.73 Å². The number of rotatable bonds is 3. The summed E-state index contributed by atoms with van der Waals surface area (Å²) in [5, 5.41) is 0. The van der Waals surface area contributed by atoms with Gasteiger partial charge in [-0.1, -0.05) is 17.7 Å². The molecule has 0 spiro atoms. The van der Waals surface area contributed by atoms with Gasteiger partial charge in [0.15, 0.2) is 0 Å². The van der Waals surface area contributed by atoms with Crippen molar-refractivity contribution < 1.29 is 12.6 Å². The van der Waals surface area contributed by atoms with Gasteiger partial charge in [-0.25, -0.2) is 0 Å². The highest BCUT2D eigenvalue weighted by Crippen LogP contribution is 2.13. The quantitative estimate of drug-likeness (QED) is 0.628. The van der Waals surface area contributed by atoms with Crippen LogP contribution < -0.4 is 5.73 Å². The van der Waals surface area contributed by atoms with Gasteiger partial charge in [0, 0.05) is 5.70 Å². The summed E-state index contributed by atoms with van der Waals surface area (Å²) in [6.07, 6.45) is 1.01. The van der Waals surface area contributed by atoms with Crippen LogP contribution in [0.25, 0.3) is 0 Å². The van der Waals surface area contributed by atoms with Crippen LogP contribution in [0.5, 0.6) is 0 Å². The Bertz CT molecular complexity index is 456. The van der Waals surface area contributed by atoms with Gasteiger partial charge < -0.3 is 9.92 Å². The first-order chi connectivity index (χ1) is 6.92. The minimum Gasteiger partial charge on any atom is -0.400 e. The molecule has 0 unspecified atom stereocenters. The van der Waals surface area contributed by atoms with Crippen LogP contribution in [0.1, 0.15) is 12.5 Å². The first kappa shape index (κ1) is 11.6. The van der Waals surface area contributed by atoms with Gasteiger partial charge in [0.05, 0.1) is 0 Å². The van der Waals surface area contributed by atoms with Crippen LogP contribution in [0.3, 0.4) is 0 Å². The lowest BCUT2D eigenvalue weighted by atomic mass is 10.2. The predicted molar refractivity (Wildman–Crippen MR) is 57.4 cm³/mol. The molecular weight excluding hydrogens is 214 g/mol. The molecule has 2 N–H and O–H groups in total. The van der Waals surface area contributed by atoms with Crippen molar-refractivity contribution in [2.24, 2.45) is 5.73 Å². The molecule has 0 radical (unpaired) electrons. The Balaban J connectivity index is 2.97. The van der Waals surface area contributed by atoms with Crippen LogP contribution >= 0.6 is 0 Å².